The van der Waals surface area contributed by atoms with Crippen molar-refractivity contribution in [1.82, 2.24) is 0 Å². The molecule has 0 saturated carbocycles. The third-order valence-electron chi connectivity index (χ3n) is 11.5. The molecule has 0 spiro atoms. The van der Waals surface area contributed by atoms with Crippen LogP contribution >= 0.6 is 11.3 Å². The van der Waals surface area contributed by atoms with Crippen molar-refractivity contribution in [2.24, 2.45) is 0 Å². The molecule has 54 heavy (non-hydrogen) atoms. The van der Waals surface area contributed by atoms with E-state index < -0.39 is 0 Å². The summed E-state index contributed by atoms with van der Waals surface area (Å²) in [5.74, 6) is 0. The predicted molar refractivity (Wildman–Crippen MR) is 230 cm³/mol. The van der Waals surface area contributed by atoms with Crippen LogP contribution in [0, 0.1) is 0 Å². The lowest BCUT2D eigenvalue weighted by Crippen LogP contribution is -2.17. The van der Waals surface area contributed by atoms with E-state index in [1.165, 1.54) is 64.7 Å². The van der Waals surface area contributed by atoms with E-state index in [0.29, 0.717) is 0 Å². The molecule has 11 rings (SSSR count). The molecule has 2 aromatic heterocycles. The highest BCUT2D eigenvalue weighted by molar-refractivity contribution is 7.26. The standard InChI is InChI=1S/C51H35NOS/c1-51(2)43-17-9-6-14-37(43)38-26-25-36(31-44(38)51)52(35-23-20-32(21-24-35)34-22-29-47-42(30-34)39-15-7-10-18-46(39)53-47)45-28-27-41-40-16-8-11-19-48(40)54-50(41)49(45)33-12-4-3-5-13-33/h3-31H,1-2H3. The van der Waals surface area contributed by atoms with Crippen LogP contribution in [0.1, 0.15) is 25.0 Å². The van der Waals surface area contributed by atoms with Gasteiger partial charge in [0.2, 0.25) is 0 Å². The number of anilines is 3. The molecule has 2 heterocycles. The highest BCUT2D eigenvalue weighted by Crippen LogP contribution is 2.53. The fourth-order valence-corrected chi connectivity index (χ4v) is 10.1. The minimum absolute atomic E-state index is 0.120. The smallest absolute Gasteiger partial charge is 0.135 e. The molecule has 0 fully saturated rings. The molecule has 0 amide bonds. The first-order valence-corrected chi connectivity index (χ1v) is 19.4. The van der Waals surface area contributed by atoms with Crippen molar-refractivity contribution in [2.45, 2.75) is 19.3 Å². The summed E-state index contributed by atoms with van der Waals surface area (Å²) in [4.78, 5) is 2.47. The summed E-state index contributed by atoms with van der Waals surface area (Å²) in [5.41, 5.74) is 15.3. The Bertz CT molecular complexity index is 3080. The molecule has 0 unspecified atom stereocenters. The second-order valence-corrected chi connectivity index (χ2v) is 15.9. The van der Waals surface area contributed by atoms with Crippen molar-refractivity contribution in [3.05, 3.63) is 187 Å². The molecule has 0 bridgehead atoms. The molecular formula is C51H35NOS. The predicted octanol–water partition coefficient (Wildman–Crippen LogP) is 15.1. The molecule has 10 aromatic rings. The maximum atomic E-state index is 6.15. The Hall–Kier alpha value is -6.42. The van der Waals surface area contributed by atoms with E-state index in [2.05, 4.69) is 183 Å². The van der Waals surface area contributed by atoms with Crippen LogP contribution in [0.4, 0.5) is 17.1 Å². The highest BCUT2D eigenvalue weighted by atomic mass is 32.1. The largest absolute Gasteiger partial charge is 0.456 e. The zero-order chi connectivity index (χ0) is 36.0. The molecule has 1 aliphatic rings. The SMILES string of the molecule is CC1(C)c2ccccc2-c2ccc(N(c3ccc(-c4ccc5oc6ccccc6c5c4)cc3)c3ccc4c(sc5ccccc54)c3-c3ccccc3)cc21. The van der Waals surface area contributed by atoms with Gasteiger partial charge in [0.1, 0.15) is 11.2 Å². The number of nitrogens with zero attached hydrogens (tertiary/aromatic N) is 1. The molecule has 3 heteroatoms. The van der Waals surface area contributed by atoms with Crippen molar-refractivity contribution in [1.29, 1.82) is 0 Å². The first-order valence-electron chi connectivity index (χ1n) is 18.6. The minimum atomic E-state index is -0.120. The zero-order valence-electron chi connectivity index (χ0n) is 30.0. The second kappa shape index (κ2) is 11.8. The van der Waals surface area contributed by atoms with Gasteiger partial charge in [-0.25, -0.2) is 0 Å². The van der Waals surface area contributed by atoms with Crippen molar-refractivity contribution < 1.29 is 4.42 Å². The average molecular weight is 710 g/mol. The van der Waals surface area contributed by atoms with E-state index in [1.54, 1.807) is 0 Å². The van der Waals surface area contributed by atoms with Gasteiger partial charge in [0.25, 0.3) is 0 Å². The number of thiophene rings is 1. The third kappa shape index (κ3) is 4.65. The number of hydrogen-bond donors (Lipinski definition) is 0. The highest BCUT2D eigenvalue weighted by Gasteiger charge is 2.36. The monoisotopic (exact) mass is 709 g/mol. The molecule has 8 aromatic carbocycles. The number of para-hydroxylation sites is 1. The quantitative estimate of drug-likeness (QED) is 0.177. The molecule has 0 aliphatic heterocycles. The van der Waals surface area contributed by atoms with Crippen molar-refractivity contribution >= 4 is 70.5 Å². The van der Waals surface area contributed by atoms with Gasteiger partial charge in [-0.15, -0.1) is 11.3 Å². The Balaban J connectivity index is 1.13. The zero-order valence-corrected chi connectivity index (χ0v) is 30.8. The molecule has 0 saturated heterocycles. The van der Waals surface area contributed by atoms with Gasteiger partial charge in [0.05, 0.1) is 5.69 Å². The van der Waals surface area contributed by atoms with Crippen LogP contribution < -0.4 is 4.90 Å². The Labute approximate surface area is 318 Å². The Morgan fingerprint density at radius 1 is 0.463 bits per heavy atom. The maximum Gasteiger partial charge on any atom is 0.135 e. The fraction of sp³-hybridized carbons (Fsp3) is 0.0588. The third-order valence-corrected chi connectivity index (χ3v) is 12.7. The molecule has 0 N–H and O–H groups in total. The lowest BCUT2D eigenvalue weighted by Gasteiger charge is -2.30. The normalized spacial score (nSPS) is 13.1. The lowest BCUT2D eigenvalue weighted by atomic mass is 9.82. The van der Waals surface area contributed by atoms with Crippen molar-refractivity contribution in [2.75, 3.05) is 4.90 Å². The fourth-order valence-electron chi connectivity index (χ4n) is 8.82. The summed E-state index contributed by atoms with van der Waals surface area (Å²) in [7, 11) is 0. The summed E-state index contributed by atoms with van der Waals surface area (Å²) in [6.45, 7) is 4.72. The molecule has 2 nitrogen and oxygen atoms in total. The Kier molecular flexibility index (Phi) is 6.80. The van der Waals surface area contributed by atoms with Crippen LogP contribution in [0.5, 0.6) is 0 Å². The number of rotatable bonds is 5. The van der Waals surface area contributed by atoms with Gasteiger partial charge in [0, 0.05) is 53.3 Å². The lowest BCUT2D eigenvalue weighted by molar-refractivity contribution is 0.660. The van der Waals surface area contributed by atoms with E-state index in [9.17, 15) is 0 Å². The summed E-state index contributed by atoms with van der Waals surface area (Å²) < 4.78 is 8.76. The van der Waals surface area contributed by atoms with Gasteiger partial charge in [-0.3, -0.25) is 0 Å². The molecule has 0 atom stereocenters. The number of benzene rings is 8. The van der Waals surface area contributed by atoms with Gasteiger partial charge in [-0.1, -0.05) is 135 Å². The topological polar surface area (TPSA) is 16.4 Å². The van der Waals surface area contributed by atoms with Gasteiger partial charge < -0.3 is 9.32 Å². The van der Waals surface area contributed by atoms with Crippen molar-refractivity contribution in [3.63, 3.8) is 0 Å². The van der Waals surface area contributed by atoms with Crippen LogP contribution in [0.15, 0.2) is 180 Å². The van der Waals surface area contributed by atoms with Gasteiger partial charge in [-0.2, -0.15) is 0 Å². The summed E-state index contributed by atoms with van der Waals surface area (Å²) in [6, 6.07) is 64.2. The van der Waals surface area contributed by atoms with Gasteiger partial charge in [-0.05, 0) is 93.5 Å². The van der Waals surface area contributed by atoms with Gasteiger partial charge in [0.15, 0.2) is 0 Å². The Morgan fingerprint density at radius 2 is 1.15 bits per heavy atom. The molecule has 256 valence electrons. The molecule has 0 radical (unpaired) electrons. The van der Waals surface area contributed by atoms with E-state index in [1.807, 2.05) is 23.5 Å². The van der Waals surface area contributed by atoms with E-state index in [0.717, 1.165) is 39.0 Å². The van der Waals surface area contributed by atoms with E-state index >= 15 is 0 Å². The average Bonchev–Trinajstić information content (AvgIpc) is 3.86. The summed E-state index contributed by atoms with van der Waals surface area (Å²) in [6.07, 6.45) is 0. The van der Waals surface area contributed by atoms with E-state index in [4.69, 9.17) is 4.42 Å². The second-order valence-electron chi connectivity index (χ2n) is 14.9. The van der Waals surface area contributed by atoms with Crippen LogP contribution in [0.2, 0.25) is 0 Å². The van der Waals surface area contributed by atoms with Crippen LogP contribution in [-0.4, -0.2) is 0 Å². The number of hydrogen-bond acceptors (Lipinski definition) is 3. The number of furan rings is 1. The minimum Gasteiger partial charge on any atom is -0.456 e. The first-order chi connectivity index (χ1) is 26.5. The number of fused-ring (bicyclic) bond motifs is 9. The summed E-state index contributed by atoms with van der Waals surface area (Å²) >= 11 is 1.88. The molecular weight excluding hydrogens is 675 g/mol. The van der Waals surface area contributed by atoms with Crippen LogP contribution in [0.25, 0.3) is 75.5 Å². The first kappa shape index (κ1) is 31.1. The van der Waals surface area contributed by atoms with Crippen molar-refractivity contribution in [3.8, 4) is 33.4 Å². The van der Waals surface area contributed by atoms with Gasteiger partial charge >= 0.3 is 0 Å². The summed E-state index contributed by atoms with van der Waals surface area (Å²) in [5, 5.41) is 4.88. The van der Waals surface area contributed by atoms with Crippen LogP contribution in [0.3, 0.4) is 0 Å². The van der Waals surface area contributed by atoms with Crippen LogP contribution in [-0.2, 0) is 5.41 Å². The molecule has 1 aliphatic carbocycles. The van der Waals surface area contributed by atoms with E-state index in [-0.39, 0.29) is 5.41 Å². The Morgan fingerprint density at radius 3 is 2.02 bits per heavy atom. The maximum absolute atomic E-state index is 6.15.